The molecule has 1 rings (SSSR count). The molecule has 1 amide bonds. The van der Waals surface area contributed by atoms with Crippen molar-refractivity contribution < 1.29 is 9.18 Å². The van der Waals surface area contributed by atoms with Crippen molar-refractivity contribution in [3.8, 4) is 0 Å². The van der Waals surface area contributed by atoms with Crippen molar-refractivity contribution in [2.24, 2.45) is 0 Å². The van der Waals surface area contributed by atoms with Gasteiger partial charge in [-0.2, -0.15) is 11.8 Å². The maximum atomic E-state index is 13.0. The molecule has 0 spiro atoms. The van der Waals surface area contributed by atoms with Crippen LogP contribution in [-0.4, -0.2) is 23.5 Å². The Balaban J connectivity index is 2.51. The molecule has 0 aliphatic heterocycles. The lowest BCUT2D eigenvalue weighted by Crippen LogP contribution is -2.33. The van der Waals surface area contributed by atoms with Gasteiger partial charge in [-0.15, -0.1) is 12.6 Å². The molecule has 2 nitrogen and oxygen atoms in total. The van der Waals surface area contributed by atoms with Gasteiger partial charge in [0.2, 0.25) is 0 Å². The van der Waals surface area contributed by atoms with Crippen LogP contribution in [-0.2, 0) is 0 Å². The van der Waals surface area contributed by atoms with Gasteiger partial charge in [-0.3, -0.25) is 4.79 Å². The first-order chi connectivity index (χ1) is 8.54. The van der Waals surface area contributed by atoms with Crippen LogP contribution < -0.4 is 5.32 Å². The molecule has 18 heavy (non-hydrogen) atoms. The van der Waals surface area contributed by atoms with Crippen LogP contribution in [0.1, 0.15) is 30.6 Å². The van der Waals surface area contributed by atoms with Gasteiger partial charge in [0.15, 0.2) is 0 Å². The molecule has 100 valence electrons. The number of hydrogen-bond donors (Lipinski definition) is 2. The number of carbonyl (C=O) groups excluding carboxylic acids is 1. The van der Waals surface area contributed by atoms with Crippen LogP contribution >= 0.6 is 24.4 Å². The predicted octanol–water partition coefficient (Wildman–Crippen LogP) is 3.38. The Morgan fingerprint density at radius 1 is 1.56 bits per heavy atom. The van der Waals surface area contributed by atoms with Gasteiger partial charge < -0.3 is 5.32 Å². The zero-order valence-electron chi connectivity index (χ0n) is 10.6. The van der Waals surface area contributed by atoms with Crippen LogP contribution in [0, 0.1) is 5.82 Å². The smallest absolute Gasteiger partial charge is 0.251 e. The number of thiol groups is 1. The van der Waals surface area contributed by atoms with Crippen LogP contribution in [0.15, 0.2) is 23.1 Å². The SMILES string of the molecule is CCSCCC(C)NC(=O)c1ccc(F)c(S)c1. The van der Waals surface area contributed by atoms with Gasteiger partial charge in [-0.1, -0.05) is 6.92 Å². The van der Waals surface area contributed by atoms with E-state index in [4.69, 9.17) is 0 Å². The van der Waals surface area contributed by atoms with Crippen molar-refractivity contribution in [1.29, 1.82) is 0 Å². The first-order valence-electron chi connectivity index (χ1n) is 5.91. The lowest BCUT2D eigenvalue weighted by molar-refractivity contribution is 0.0939. The summed E-state index contributed by atoms with van der Waals surface area (Å²) in [4.78, 5) is 12.1. The van der Waals surface area contributed by atoms with Crippen molar-refractivity contribution in [1.82, 2.24) is 5.32 Å². The van der Waals surface area contributed by atoms with Crippen LogP contribution in [0.2, 0.25) is 0 Å². The van der Waals surface area contributed by atoms with Gasteiger partial charge in [-0.25, -0.2) is 4.39 Å². The second-order valence-corrected chi connectivity index (χ2v) is 5.90. The normalized spacial score (nSPS) is 12.2. The Morgan fingerprint density at radius 3 is 2.89 bits per heavy atom. The van der Waals surface area contributed by atoms with Crippen LogP contribution in [0.4, 0.5) is 4.39 Å². The average Bonchev–Trinajstić information content (AvgIpc) is 2.33. The molecule has 1 atom stereocenters. The van der Waals surface area contributed by atoms with Gasteiger partial charge in [0, 0.05) is 16.5 Å². The van der Waals surface area contributed by atoms with Gasteiger partial charge in [0.05, 0.1) is 0 Å². The molecule has 1 aromatic rings. The highest BCUT2D eigenvalue weighted by molar-refractivity contribution is 7.99. The minimum Gasteiger partial charge on any atom is -0.350 e. The standard InChI is InChI=1S/C13H18FNOS2/c1-3-18-7-6-9(2)15-13(16)10-4-5-11(14)12(17)8-10/h4-5,8-9,17H,3,6-7H2,1-2H3,(H,15,16). The van der Waals surface area contributed by atoms with Crippen LogP contribution in [0.5, 0.6) is 0 Å². The molecule has 0 bridgehead atoms. The molecule has 1 N–H and O–H groups in total. The second kappa shape index (κ2) is 7.69. The third-order valence-corrected chi connectivity index (χ3v) is 3.76. The van der Waals surface area contributed by atoms with Crippen molar-refractivity contribution in [2.45, 2.75) is 31.2 Å². The zero-order valence-corrected chi connectivity index (χ0v) is 12.3. The first-order valence-corrected chi connectivity index (χ1v) is 7.52. The minimum absolute atomic E-state index is 0.116. The molecule has 1 aromatic carbocycles. The summed E-state index contributed by atoms with van der Waals surface area (Å²) in [6, 6.07) is 4.29. The van der Waals surface area contributed by atoms with Gasteiger partial charge in [0.25, 0.3) is 5.91 Å². The van der Waals surface area contributed by atoms with Crippen LogP contribution in [0.25, 0.3) is 0 Å². The molecule has 1 unspecified atom stereocenters. The largest absolute Gasteiger partial charge is 0.350 e. The Hall–Kier alpha value is -0.680. The zero-order chi connectivity index (χ0) is 13.5. The number of rotatable bonds is 6. The summed E-state index contributed by atoms with van der Waals surface area (Å²) in [5, 5.41) is 2.89. The number of amides is 1. The molecule has 0 heterocycles. The first kappa shape index (κ1) is 15.4. The van der Waals surface area contributed by atoms with E-state index in [9.17, 15) is 9.18 Å². The lowest BCUT2D eigenvalue weighted by atomic mass is 10.2. The van der Waals surface area contributed by atoms with E-state index in [1.165, 1.54) is 18.2 Å². The molecule has 0 aliphatic rings. The molecule has 5 heteroatoms. The molecule has 0 aliphatic carbocycles. The summed E-state index contributed by atoms with van der Waals surface area (Å²) >= 11 is 5.81. The maximum Gasteiger partial charge on any atom is 0.251 e. The second-order valence-electron chi connectivity index (χ2n) is 4.03. The fourth-order valence-corrected chi connectivity index (χ4v) is 2.46. The highest BCUT2D eigenvalue weighted by Gasteiger charge is 2.11. The minimum atomic E-state index is -0.415. The van der Waals surface area contributed by atoms with Crippen molar-refractivity contribution in [3.63, 3.8) is 0 Å². The van der Waals surface area contributed by atoms with Crippen molar-refractivity contribution in [3.05, 3.63) is 29.6 Å². The fourth-order valence-electron chi connectivity index (χ4n) is 1.44. The molecule has 0 saturated carbocycles. The van der Waals surface area contributed by atoms with E-state index in [1.807, 2.05) is 18.7 Å². The molecular formula is C13H18FNOS2. The number of thioether (sulfide) groups is 1. The van der Waals surface area contributed by atoms with E-state index in [0.717, 1.165) is 17.9 Å². The topological polar surface area (TPSA) is 29.1 Å². The van der Waals surface area contributed by atoms with Crippen molar-refractivity contribution >= 4 is 30.3 Å². The number of benzene rings is 1. The van der Waals surface area contributed by atoms with Gasteiger partial charge >= 0.3 is 0 Å². The number of carbonyl (C=O) groups is 1. The summed E-state index contributed by atoms with van der Waals surface area (Å²) < 4.78 is 13.0. The summed E-state index contributed by atoms with van der Waals surface area (Å²) in [7, 11) is 0. The quantitative estimate of drug-likeness (QED) is 0.620. The highest BCUT2D eigenvalue weighted by Crippen LogP contribution is 2.14. The predicted molar refractivity (Wildman–Crippen MR) is 78.2 cm³/mol. The molecule has 0 saturated heterocycles. The van der Waals surface area contributed by atoms with E-state index in [1.54, 1.807) is 0 Å². The molecule has 0 radical (unpaired) electrons. The number of nitrogens with one attached hydrogen (secondary N) is 1. The summed E-state index contributed by atoms with van der Waals surface area (Å²) in [5.41, 5.74) is 0.441. The summed E-state index contributed by atoms with van der Waals surface area (Å²) in [6.45, 7) is 4.08. The van der Waals surface area contributed by atoms with E-state index >= 15 is 0 Å². The van der Waals surface area contributed by atoms with E-state index < -0.39 is 5.82 Å². The third-order valence-electron chi connectivity index (χ3n) is 2.49. The average molecular weight is 287 g/mol. The number of halogens is 1. The monoisotopic (exact) mass is 287 g/mol. The summed E-state index contributed by atoms with van der Waals surface area (Å²) in [6.07, 6.45) is 0.930. The Morgan fingerprint density at radius 2 is 2.28 bits per heavy atom. The van der Waals surface area contributed by atoms with Gasteiger partial charge in [-0.05, 0) is 43.0 Å². The fraction of sp³-hybridized carbons (Fsp3) is 0.462. The maximum absolute atomic E-state index is 13.0. The van der Waals surface area contributed by atoms with Crippen molar-refractivity contribution in [2.75, 3.05) is 11.5 Å². The lowest BCUT2D eigenvalue weighted by Gasteiger charge is -2.13. The highest BCUT2D eigenvalue weighted by atomic mass is 32.2. The van der Waals surface area contributed by atoms with Gasteiger partial charge in [0.1, 0.15) is 5.82 Å². The summed E-state index contributed by atoms with van der Waals surface area (Å²) in [5.74, 6) is 1.52. The molecule has 0 fully saturated rings. The molecule has 0 aromatic heterocycles. The number of hydrogen-bond acceptors (Lipinski definition) is 3. The Kier molecular flexibility index (Phi) is 6.57. The molecular weight excluding hydrogens is 269 g/mol. The van der Waals surface area contributed by atoms with E-state index in [-0.39, 0.29) is 16.8 Å². The van der Waals surface area contributed by atoms with E-state index in [0.29, 0.717) is 5.56 Å². The van der Waals surface area contributed by atoms with Crippen LogP contribution in [0.3, 0.4) is 0 Å². The Bertz CT molecular complexity index is 412. The Labute approximate surface area is 117 Å². The van der Waals surface area contributed by atoms with E-state index in [2.05, 4.69) is 24.9 Å². The third kappa shape index (κ3) is 4.90.